The quantitative estimate of drug-likeness (QED) is 0.758. The van der Waals surface area contributed by atoms with Gasteiger partial charge < -0.3 is 9.73 Å². The molecular weight excluding hydrogens is 324 g/mol. The van der Waals surface area contributed by atoms with Crippen LogP contribution in [0.3, 0.4) is 0 Å². The maximum Gasteiger partial charge on any atom is 0.227 e. The Bertz CT molecular complexity index is 826. The zero-order chi connectivity index (χ0) is 16.9. The Balaban J connectivity index is 1.62. The summed E-state index contributed by atoms with van der Waals surface area (Å²) in [6.07, 6.45) is 0.166. The van der Waals surface area contributed by atoms with Crippen molar-refractivity contribution in [3.05, 3.63) is 76.6 Å². The normalized spacial score (nSPS) is 10.6. The summed E-state index contributed by atoms with van der Waals surface area (Å²) < 4.78 is 5.75. The maximum atomic E-state index is 12.1. The highest BCUT2D eigenvalue weighted by Crippen LogP contribution is 2.21. The summed E-state index contributed by atoms with van der Waals surface area (Å²) in [5.74, 6) is 1.01. The average Bonchev–Trinajstić information content (AvgIpc) is 2.96. The SMILES string of the molecule is Cc1nc(-c2ccccc2)oc1CC(=O)NCc1ccc(Cl)cc1. The van der Waals surface area contributed by atoms with Crippen molar-refractivity contribution >= 4 is 17.5 Å². The number of amides is 1. The number of carbonyl (C=O) groups is 1. The summed E-state index contributed by atoms with van der Waals surface area (Å²) in [5, 5.41) is 3.55. The molecule has 3 rings (SSSR count). The molecule has 5 heteroatoms. The first-order chi connectivity index (χ1) is 11.6. The lowest BCUT2D eigenvalue weighted by Crippen LogP contribution is -2.24. The Labute approximate surface area is 145 Å². The lowest BCUT2D eigenvalue weighted by Gasteiger charge is -2.04. The van der Waals surface area contributed by atoms with Gasteiger partial charge >= 0.3 is 0 Å². The van der Waals surface area contributed by atoms with E-state index in [0.29, 0.717) is 23.2 Å². The monoisotopic (exact) mass is 340 g/mol. The van der Waals surface area contributed by atoms with E-state index >= 15 is 0 Å². The Morgan fingerprint density at radius 1 is 1.12 bits per heavy atom. The molecule has 1 heterocycles. The molecule has 0 fully saturated rings. The number of halogens is 1. The fraction of sp³-hybridized carbons (Fsp3) is 0.158. The predicted molar refractivity (Wildman–Crippen MR) is 93.7 cm³/mol. The van der Waals surface area contributed by atoms with Gasteiger partial charge in [0.1, 0.15) is 5.76 Å². The van der Waals surface area contributed by atoms with Crippen molar-refractivity contribution in [2.75, 3.05) is 0 Å². The molecule has 1 aromatic heterocycles. The van der Waals surface area contributed by atoms with Gasteiger partial charge in [0.25, 0.3) is 0 Å². The van der Waals surface area contributed by atoms with Crippen LogP contribution in [0.25, 0.3) is 11.5 Å². The zero-order valence-electron chi connectivity index (χ0n) is 13.3. The summed E-state index contributed by atoms with van der Waals surface area (Å²) in [6, 6.07) is 17.0. The second-order valence-corrected chi connectivity index (χ2v) is 5.91. The second kappa shape index (κ2) is 7.32. The van der Waals surface area contributed by atoms with Gasteiger partial charge in [0, 0.05) is 17.1 Å². The third kappa shape index (κ3) is 4.03. The molecule has 1 N–H and O–H groups in total. The number of oxazole rings is 1. The van der Waals surface area contributed by atoms with Crippen molar-refractivity contribution in [2.45, 2.75) is 19.9 Å². The molecule has 0 saturated carbocycles. The number of nitrogens with one attached hydrogen (secondary N) is 1. The van der Waals surface area contributed by atoms with Crippen LogP contribution in [0.5, 0.6) is 0 Å². The highest BCUT2D eigenvalue weighted by Gasteiger charge is 2.14. The van der Waals surface area contributed by atoms with Crippen LogP contribution >= 0.6 is 11.6 Å². The molecule has 0 spiro atoms. The van der Waals surface area contributed by atoms with E-state index in [1.807, 2.05) is 49.4 Å². The van der Waals surface area contributed by atoms with E-state index in [0.717, 1.165) is 16.8 Å². The molecule has 24 heavy (non-hydrogen) atoms. The Hall–Kier alpha value is -2.59. The van der Waals surface area contributed by atoms with Crippen LogP contribution in [0, 0.1) is 6.92 Å². The number of benzene rings is 2. The van der Waals surface area contributed by atoms with E-state index in [2.05, 4.69) is 10.3 Å². The molecule has 3 aromatic rings. The molecule has 0 aliphatic carbocycles. The number of rotatable bonds is 5. The van der Waals surface area contributed by atoms with Crippen LogP contribution in [0.2, 0.25) is 5.02 Å². The summed E-state index contributed by atoms with van der Waals surface area (Å²) in [7, 11) is 0. The molecule has 0 radical (unpaired) electrons. The van der Waals surface area contributed by atoms with Crippen LogP contribution in [-0.4, -0.2) is 10.9 Å². The number of hydrogen-bond acceptors (Lipinski definition) is 3. The number of hydrogen-bond donors (Lipinski definition) is 1. The molecule has 0 aliphatic rings. The van der Waals surface area contributed by atoms with E-state index in [1.54, 1.807) is 12.1 Å². The third-order valence-electron chi connectivity index (χ3n) is 3.64. The van der Waals surface area contributed by atoms with E-state index in [4.69, 9.17) is 16.0 Å². The van der Waals surface area contributed by atoms with Crippen molar-refractivity contribution in [2.24, 2.45) is 0 Å². The smallest absolute Gasteiger partial charge is 0.227 e. The molecule has 0 unspecified atom stereocenters. The number of nitrogens with zero attached hydrogens (tertiary/aromatic N) is 1. The topological polar surface area (TPSA) is 55.1 Å². The average molecular weight is 341 g/mol. The first-order valence-electron chi connectivity index (χ1n) is 7.64. The van der Waals surface area contributed by atoms with Crippen LogP contribution in [0.4, 0.5) is 0 Å². The number of aryl methyl sites for hydroxylation is 1. The molecule has 0 bridgehead atoms. The van der Waals surface area contributed by atoms with Gasteiger partial charge in [-0.3, -0.25) is 4.79 Å². The Kier molecular flexibility index (Phi) is 4.96. The zero-order valence-corrected chi connectivity index (χ0v) is 14.0. The maximum absolute atomic E-state index is 12.1. The third-order valence-corrected chi connectivity index (χ3v) is 3.89. The van der Waals surface area contributed by atoms with Crippen LogP contribution in [0.1, 0.15) is 17.0 Å². The molecule has 2 aromatic carbocycles. The molecule has 122 valence electrons. The molecular formula is C19H17ClN2O2. The van der Waals surface area contributed by atoms with E-state index in [-0.39, 0.29) is 12.3 Å². The van der Waals surface area contributed by atoms with Gasteiger partial charge in [0.2, 0.25) is 11.8 Å². The first kappa shape index (κ1) is 16.3. The fourth-order valence-electron chi connectivity index (χ4n) is 2.31. The predicted octanol–water partition coefficient (Wildman–Crippen LogP) is 4.16. The fourth-order valence-corrected chi connectivity index (χ4v) is 2.43. The molecule has 1 amide bonds. The van der Waals surface area contributed by atoms with Crippen molar-refractivity contribution < 1.29 is 9.21 Å². The standard InChI is InChI=1S/C19H17ClN2O2/c1-13-17(24-19(22-13)15-5-3-2-4-6-15)11-18(23)21-12-14-7-9-16(20)10-8-14/h2-10H,11-12H2,1H3,(H,21,23). The largest absolute Gasteiger partial charge is 0.440 e. The van der Waals surface area contributed by atoms with Gasteiger partial charge in [-0.2, -0.15) is 0 Å². The van der Waals surface area contributed by atoms with Crippen LogP contribution in [0.15, 0.2) is 59.0 Å². The highest BCUT2D eigenvalue weighted by molar-refractivity contribution is 6.30. The van der Waals surface area contributed by atoms with E-state index in [9.17, 15) is 4.79 Å². The van der Waals surface area contributed by atoms with Gasteiger partial charge in [0.05, 0.1) is 12.1 Å². The summed E-state index contributed by atoms with van der Waals surface area (Å²) in [6.45, 7) is 2.30. The lowest BCUT2D eigenvalue weighted by molar-refractivity contribution is -0.120. The van der Waals surface area contributed by atoms with Crippen molar-refractivity contribution in [3.8, 4) is 11.5 Å². The van der Waals surface area contributed by atoms with E-state index in [1.165, 1.54) is 0 Å². The Morgan fingerprint density at radius 2 is 1.83 bits per heavy atom. The minimum atomic E-state index is -0.108. The van der Waals surface area contributed by atoms with Gasteiger partial charge in [-0.05, 0) is 36.8 Å². The van der Waals surface area contributed by atoms with Gasteiger partial charge in [-0.25, -0.2) is 4.98 Å². The van der Waals surface area contributed by atoms with Gasteiger partial charge in [0.15, 0.2) is 0 Å². The molecule has 0 aliphatic heterocycles. The van der Waals surface area contributed by atoms with Gasteiger partial charge in [-0.15, -0.1) is 0 Å². The molecule has 0 saturated heterocycles. The Morgan fingerprint density at radius 3 is 2.54 bits per heavy atom. The number of carbonyl (C=O) groups excluding carboxylic acids is 1. The number of aromatic nitrogens is 1. The molecule has 0 atom stereocenters. The van der Waals surface area contributed by atoms with Crippen LogP contribution < -0.4 is 5.32 Å². The minimum Gasteiger partial charge on any atom is -0.440 e. The minimum absolute atomic E-state index is 0.108. The van der Waals surface area contributed by atoms with Gasteiger partial charge in [-0.1, -0.05) is 41.9 Å². The van der Waals surface area contributed by atoms with Crippen molar-refractivity contribution in [3.63, 3.8) is 0 Å². The van der Waals surface area contributed by atoms with Crippen molar-refractivity contribution in [1.29, 1.82) is 0 Å². The summed E-state index contributed by atoms with van der Waals surface area (Å²) >= 11 is 5.85. The highest BCUT2D eigenvalue weighted by atomic mass is 35.5. The van der Waals surface area contributed by atoms with Crippen LogP contribution in [-0.2, 0) is 17.8 Å². The summed E-state index contributed by atoms with van der Waals surface area (Å²) in [5.41, 5.74) is 2.62. The second-order valence-electron chi connectivity index (χ2n) is 5.47. The van der Waals surface area contributed by atoms with Crippen molar-refractivity contribution in [1.82, 2.24) is 10.3 Å². The molecule has 4 nitrogen and oxygen atoms in total. The summed E-state index contributed by atoms with van der Waals surface area (Å²) in [4.78, 5) is 16.5. The van der Waals surface area contributed by atoms with E-state index < -0.39 is 0 Å². The first-order valence-corrected chi connectivity index (χ1v) is 8.02. The lowest BCUT2D eigenvalue weighted by atomic mass is 10.2.